The zero-order chi connectivity index (χ0) is 35.2. The summed E-state index contributed by atoms with van der Waals surface area (Å²) in [6, 6.07) is 7.37. The number of rotatable bonds is 7. The van der Waals surface area contributed by atoms with E-state index in [1.807, 2.05) is 18.9 Å². The number of fused-ring (bicyclic) bond motifs is 2. The van der Waals surface area contributed by atoms with Crippen molar-refractivity contribution < 1.29 is 27.8 Å². The molecular weight excluding hydrogens is 656 g/mol. The molecule has 0 aliphatic carbocycles. The second kappa shape index (κ2) is 13.2. The van der Waals surface area contributed by atoms with E-state index in [9.17, 15) is 9.18 Å². The number of hydrogen-bond donors (Lipinski definition) is 0. The van der Waals surface area contributed by atoms with Gasteiger partial charge in [0.05, 0.1) is 22.1 Å². The fourth-order valence-corrected chi connectivity index (χ4v) is 6.70. The Bertz CT molecular complexity index is 1970. The molecule has 2 aromatic heterocycles. The minimum Gasteiger partial charge on any atom is -0.461 e. The molecule has 4 aromatic rings. The second-order valence-electron chi connectivity index (χ2n) is 13.6. The van der Waals surface area contributed by atoms with Gasteiger partial charge in [0, 0.05) is 50.4 Å². The molecule has 2 fully saturated rings. The molecule has 0 saturated carbocycles. The Balaban J connectivity index is 1.45. The molecule has 2 unspecified atom stereocenters. The molecule has 2 aliphatic heterocycles. The number of methoxy groups -OCH3 is 1. The van der Waals surface area contributed by atoms with Crippen LogP contribution in [-0.4, -0.2) is 108 Å². The lowest BCUT2D eigenvalue weighted by Crippen LogP contribution is -2.70. The van der Waals surface area contributed by atoms with Crippen LogP contribution < -0.4 is 9.64 Å². The number of halogens is 3. The Labute approximate surface area is 288 Å². The maximum absolute atomic E-state index is 16.8. The third-order valence-electron chi connectivity index (χ3n) is 9.33. The van der Waals surface area contributed by atoms with Crippen LogP contribution in [0.25, 0.3) is 37.8 Å². The van der Waals surface area contributed by atoms with Crippen molar-refractivity contribution in [2.24, 2.45) is 0 Å². The number of ether oxygens (including phenoxy) is 3. The molecule has 3 atom stereocenters. The summed E-state index contributed by atoms with van der Waals surface area (Å²) in [5.74, 6) is -1.05. The minimum atomic E-state index is -0.759. The van der Waals surface area contributed by atoms with Crippen molar-refractivity contribution in [2.45, 2.75) is 51.0 Å². The topological polar surface area (TPSA) is 97.5 Å². The van der Waals surface area contributed by atoms with E-state index in [1.54, 1.807) is 57.0 Å². The van der Waals surface area contributed by atoms with Crippen LogP contribution in [0.3, 0.4) is 0 Å². The quantitative estimate of drug-likeness (QED) is 0.209. The van der Waals surface area contributed by atoms with Gasteiger partial charge in [-0.1, -0.05) is 35.9 Å². The van der Waals surface area contributed by atoms with E-state index < -0.39 is 34.9 Å². The van der Waals surface area contributed by atoms with Crippen molar-refractivity contribution >= 4 is 45.2 Å². The first kappa shape index (κ1) is 34.5. The van der Waals surface area contributed by atoms with Gasteiger partial charge in [-0.05, 0) is 46.2 Å². The molecule has 2 saturated heterocycles. The average molecular weight is 694 g/mol. The smallest absolute Gasteiger partial charge is 0.410 e. The van der Waals surface area contributed by atoms with Gasteiger partial charge in [-0.25, -0.2) is 20.1 Å². The first-order valence-corrected chi connectivity index (χ1v) is 16.3. The summed E-state index contributed by atoms with van der Waals surface area (Å²) >= 11 is 6.40. The maximum atomic E-state index is 16.8. The van der Waals surface area contributed by atoms with Gasteiger partial charge in [0.25, 0.3) is 0 Å². The van der Waals surface area contributed by atoms with E-state index in [2.05, 4.69) is 19.7 Å². The Morgan fingerprint density at radius 3 is 2.63 bits per heavy atom. The average Bonchev–Trinajstić information content (AvgIpc) is 3.06. The van der Waals surface area contributed by atoms with Crippen molar-refractivity contribution in [1.82, 2.24) is 24.8 Å². The van der Waals surface area contributed by atoms with Crippen LogP contribution in [0.5, 0.6) is 6.01 Å². The number of pyridine rings is 1. The molecule has 0 N–H and O–H groups in total. The number of piperazine rings is 1. The third-order valence-corrected chi connectivity index (χ3v) is 9.70. The number of likely N-dealkylation sites (tertiary alicyclic amines) is 1. The zero-order valence-electron chi connectivity index (χ0n) is 28.3. The van der Waals surface area contributed by atoms with Crippen LogP contribution in [0.1, 0.15) is 27.7 Å². The number of amides is 1. The molecular formula is C35H38ClF2N7O4. The minimum absolute atomic E-state index is 0.0281. The molecule has 6 rings (SSSR count). The van der Waals surface area contributed by atoms with Crippen molar-refractivity contribution in [3.63, 3.8) is 0 Å². The van der Waals surface area contributed by atoms with Crippen LogP contribution in [0.15, 0.2) is 36.5 Å². The van der Waals surface area contributed by atoms with Crippen LogP contribution in [0, 0.1) is 18.2 Å². The zero-order valence-corrected chi connectivity index (χ0v) is 29.0. The van der Waals surface area contributed by atoms with E-state index >= 15 is 4.39 Å². The van der Waals surface area contributed by atoms with Gasteiger partial charge in [-0.2, -0.15) is 9.97 Å². The van der Waals surface area contributed by atoms with Crippen LogP contribution in [0.2, 0.25) is 5.02 Å². The highest BCUT2D eigenvalue weighted by Gasteiger charge is 2.49. The lowest BCUT2D eigenvalue weighted by Gasteiger charge is -2.53. The van der Waals surface area contributed by atoms with Gasteiger partial charge in [-0.3, -0.25) is 14.8 Å². The number of aromatic nitrogens is 3. The summed E-state index contributed by atoms with van der Waals surface area (Å²) in [5, 5.41) is 1.12. The first-order chi connectivity index (χ1) is 23.3. The molecule has 14 heteroatoms. The number of hydrogen-bond acceptors (Lipinski definition) is 9. The molecule has 4 heterocycles. The molecule has 0 spiro atoms. The van der Waals surface area contributed by atoms with Crippen LogP contribution in [0.4, 0.5) is 19.4 Å². The molecule has 0 radical (unpaired) electrons. The van der Waals surface area contributed by atoms with E-state index in [4.69, 9.17) is 37.4 Å². The summed E-state index contributed by atoms with van der Waals surface area (Å²) in [6.45, 7) is 16.6. The number of likely N-dealkylation sites (N-methyl/N-ethyl adjacent to an activating group) is 1. The Morgan fingerprint density at radius 1 is 1.16 bits per heavy atom. The van der Waals surface area contributed by atoms with E-state index in [0.717, 1.165) is 6.54 Å². The predicted octanol–water partition coefficient (Wildman–Crippen LogP) is 6.22. The first-order valence-electron chi connectivity index (χ1n) is 15.9. The Hall–Kier alpha value is -4.38. The largest absolute Gasteiger partial charge is 0.461 e. The SMILES string of the molecule is [C-]#[N+]C[C@H]1CN(c2nc(OCC3(C)C(OC)CN3C)nc3c(F)c(-c4cccc5ccc(F)c(Cl)c45)ncc23)CCN1C(=O)OC(C)(C)C. The summed E-state index contributed by atoms with van der Waals surface area (Å²) < 4.78 is 48.8. The van der Waals surface area contributed by atoms with Crippen molar-refractivity contribution in [3.05, 3.63) is 64.6 Å². The Morgan fingerprint density at radius 2 is 1.94 bits per heavy atom. The number of nitrogens with zero attached hydrogens (tertiary/aromatic N) is 7. The summed E-state index contributed by atoms with van der Waals surface area (Å²) in [6.07, 6.45) is 0.882. The second-order valence-corrected chi connectivity index (χ2v) is 14.0. The normalized spacial score (nSPS) is 21.5. The van der Waals surface area contributed by atoms with Gasteiger partial charge in [-0.15, -0.1) is 0 Å². The van der Waals surface area contributed by atoms with Crippen molar-refractivity contribution in [2.75, 3.05) is 58.4 Å². The van der Waals surface area contributed by atoms with Gasteiger partial charge in [0.1, 0.15) is 41.1 Å². The number of carbonyl (C=O) groups excluding carboxylic acids is 1. The standard InChI is InChI=1S/C35H38ClF2N7O4/c1-34(2,3)49-33(46)45-14-13-44(17-21(45)15-39-5)31-23-16-40-29(22-10-8-9-20-11-12-24(37)27(36)26(20)22)28(38)30(23)41-32(42-31)48-19-35(4)25(47-7)18-43(35)6/h8-12,16,21,25H,13-15,17-19H2,1-4,6-7H3/t21-,25?,35?/m0/s1. The van der Waals surface area contributed by atoms with Crippen molar-refractivity contribution in [1.29, 1.82) is 0 Å². The summed E-state index contributed by atoms with van der Waals surface area (Å²) in [7, 11) is 3.61. The predicted molar refractivity (Wildman–Crippen MR) is 183 cm³/mol. The van der Waals surface area contributed by atoms with E-state index in [1.165, 1.54) is 12.3 Å². The molecule has 2 aromatic carbocycles. The monoisotopic (exact) mass is 693 g/mol. The van der Waals surface area contributed by atoms with Crippen LogP contribution in [-0.2, 0) is 9.47 Å². The highest BCUT2D eigenvalue weighted by molar-refractivity contribution is 6.36. The van der Waals surface area contributed by atoms with Crippen LogP contribution >= 0.6 is 11.6 Å². The number of anilines is 1. The third kappa shape index (κ3) is 6.40. The molecule has 49 heavy (non-hydrogen) atoms. The highest BCUT2D eigenvalue weighted by Crippen LogP contribution is 2.39. The van der Waals surface area contributed by atoms with E-state index in [-0.39, 0.29) is 54.6 Å². The molecule has 11 nitrogen and oxygen atoms in total. The number of carbonyl (C=O) groups is 1. The summed E-state index contributed by atoms with van der Waals surface area (Å²) in [5.41, 5.74) is -0.995. The fraction of sp³-hybridized carbons (Fsp3) is 0.457. The molecule has 2 aliphatic rings. The lowest BCUT2D eigenvalue weighted by atomic mass is 9.85. The van der Waals surface area contributed by atoms with Gasteiger partial charge < -0.3 is 24.0 Å². The molecule has 1 amide bonds. The van der Waals surface area contributed by atoms with Gasteiger partial charge in [0.2, 0.25) is 6.54 Å². The lowest BCUT2D eigenvalue weighted by molar-refractivity contribution is -0.147. The fourth-order valence-electron chi connectivity index (χ4n) is 6.42. The highest BCUT2D eigenvalue weighted by atomic mass is 35.5. The van der Waals surface area contributed by atoms with Crippen molar-refractivity contribution in [3.8, 4) is 17.3 Å². The van der Waals surface area contributed by atoms with E-state index in [0.29, 0.717) is 34.1 Å². The summed E-state index contributed by atoms with van der Waals surface area (Å²) in [4.78, 5) is 36.0. The number of benzene rings is 2. The molecule has 0 bridgehead atoms. The molecule has 258 valence electrons. The maximum Gasteiger partial charge on any atom is 0.410 e. The van der Waals surface area contributed by atoms with Gasteiger partial charge >= 0.3 is 12.1 Å². The van der Waals surface area contributed by atoms with Gasteiger partial charge in [0.15, 0.2) is 5.82 Å². The Kier molecular flexibility index (Phi) is 9.25.